The second-order valence-electron chi connectivity index (χ2n) is 3.96. The Morgan fingerprint density at radius 1 is 1.38 bits per heavy atom. The van der Waals surface area contributed by atoms with Gasteiger partial charge in [-0.15, -0.1) is 0 Å². The summed E-state index contributed by atoms with van der Waals surface area (Å²) in [5, 5.41) is 0. The highest BCUT2D eigenvalue weighted by molar-refractivity contribution is 6.81. The van der Waals surface area contributed by atoms with Crippen LogP contribution in [0.5, 0.6) is 0 Å². The summed E-state index contributed by atoms with van der Waals surface area (Å²) in [6.07, 6.45) is 0.563. The Morgan fingerprint density at radius 2 is 1.85 bits per heavy atom. The number of ether oxygens (including phenoxy) is 1. The molecule has 78 valence electrons. The summed E-state index contributed by atoms with van der Waals surface area (Å²) in [5.41, 5.74) is -3.28. The average Bonchev–Trinajstić information content (AvgIpc) is 1.97. The van der Waals surface area contributed by atoms with Crippen LogP contribution in [0.3, 0.4) is 0 Å². The molecule has 0 aliphatic carbocycles. The van der Waals surface area contributed by atoms with Crippen LogP contribution in [0.4, 0.5) is 8.78 Å². The summed E-state index contributed by atoms with van der Waals surface area (Å²) < 4.78 is 30.9. The number of halogens is 2. The molecule has 13 heavy (non-hydrogen) atoms. The largest absolute Gasteiger partial charge is 0.462 e. The van der Waals surface area contributed by atoms with Crippen LogP contribution in [0.2, 0.25) is 19.6 Å². The maximum absolute atomic E-state index is 13.2. The second-order valence-corrected chi connectivity index (χ2v) is 9.09. The fourth-order valence-corrected chi connectivity index (χ4v) is 1.28. The van der Waals surface area contributed by atoms with E-state index in [9.17, 15) is 13.6 Å². The van der Waals surface area contributed by atoms with Crippen molar-refractivity contribution < 1.29 is 18.3 Å². The summed E-state index contributed by atoms with van der Waals surface area (Å²) in [5.74, 6) is -1.37. The first-order chi connectivity index (χ1) is 5.73. The first kappa shape index (κ1) is 12.5. The van der Waals surface area contributed by atoms with Gasteiger partial charge in [0.05, 0.1) is 6.61 Å². The molecule has 2 nitrogen and oxygen atoms in total. The first-order valence-corrected chi connectivity index (χ1v) is 7.78. The van der Waals surface area contributed by atoms with Crippen LogP contribution in [0.15, 0.2) is 0 Å². The molecule has 0 aromatic rings. The van der Waals surface area contributed by atoms with E-state index in [-0.39, 0.29) is 6.61 Å². The Balaban J connectivity index is 4.37. The van der Waals surface area contributed by atoms with Crippen LogP contribution in [-0.4, -0.2) is 26.2 Å². The summed E-state index contributed by atoms with van der Waals surface area (Å²) in [4.78, 5) is 10.9. The predicted octanol–water partition coefficient (Wildman–Crippen LogP) is 2.45. The molecule has 0 radical (unpaired) electrons. The van der Waals surface area contributed by atoms with E-state index in [0.29, 0.717) is 6.42 Å². The quantitative estimate of drug-likeness (QED) is 0.526. The van der Waals surface area contributed by atoms with Crippen molar-refractivity contribution in [1.82, 2.24) is 0 Å². The number of hydrogen-bond acceptors (Lipinski definition) is 2. The lowest BCUT2D eigenvalue weighted by Crippen LogP contribution is -2.51. The van der Waals surface area contributed by atoms with Crippen LogP contribution in [-0.2, 0) is 9.53 Å². The minimum atomic E-state index is -3.28. The number of hydrogen-bond donors (Lipinski definition) is 0. The third-order valence-electron chi connectivity index (χ3n) is 1.64. The fraction of sp³-hybridized carbons (Fsp3) is 0.875. The number of carbonyl (C=O) groups excluding carboxylic acids is 1. The minimum absolute atomic E-state index is 0.0684. The normalized spacial score (nSPS) is 12.8. The standard InChI is InChI=1S/C8H16F2O2Si/c1-5-6-12-7(11)8(9,10)13(2,3)4/h5-6H2,1-4H3. The van der Waals surface area contributed by atoms with E-state index in [4.69, 9.17) is 0 Å². The average molecular weight is 210 g/mol. The Labute approximate surface area is 78.3 Å². The van der Waals surface area contributed by atoms with Gasteiger partial charge in [-0.05, 0) is 6.42 Å². The van der Waals surface area contributed by atoms with E-state index >= 15 is 0 Å². The zero-order valence-electron chi connectivity index (χ0n) is 8.49. The van der Waals surface area contributed by atoms with Crippen molar-refractivity contribution in [3.63, 3.8) is 0 Å². The van der Waals surface area contributed by atoms with Crippen molar-refractivity contribution in [2.45, 2.75) is 38.5 Å². The van der Waals surface area contributed by atoms with Crippen molar-refractivity contribution in [2.75, 3.05) is 6.61 Å². The molecule has 0 aliphatic rings. The third kappa shape index (κ3) is 3.06. The van der Waals surface area contributed by atoms with Crippen molar-refractivity contribution in [1.29, 1.82) is 0 Å². The highest BCUT2D eigenvalue weighted by Gasteiger charge is 2.52. The van der Waals surface area contributed by atoms with E-state index in [2.05, 4.69) is 4.74 Å². The highest BCUT2D eigenvalue weighted by atomic mass is 28.3. The molecular formula is C8H16F2O2Si. The Kier molecular flexibility index (Phi) is 4.03. The summed E-state index contributed by atoms with van der Waals surface area (Å²) in [7, 11) is -2.81. The summed E-state index contributed by atoms with van der Waals surface area (Å²) >= 11 is 0. The molecule has 0 rings (SSSR count). The van der Waals surface area contributed by atoms with E-state index in [0.717, 1.165) is 0 Å². The van der Waals surface area contributed by atoms with E-state index in [1.807, 2.05) is 0 Å². The molecule has 0 heterocycles. The van der Waals surface area contributed by atoms with Crippen molar-refractivity contribution in [2.24, 2.45) is 0 Å². The van der Waals surface area contributed by atoms with Crippen molar-refractivity contribution >= 4 is 14.0 Å². The zero-order chi connectivity index (χ0) is 10.7. The van der Waals surface area contributed by atoms with Gasteiger partial charge in [0.25, 0.3) is 0 Å². The highest BCUT2D eigenvalue weighted by Crippen LogP contribution is 2.28. The first-order valence-electron chi connectivity index (χ1n) is 4.28. The molecule has 0 aromatic carbocycles. The van der Waals surface area contributed by atoms with Gasteiger partial charge in [-0.1, -0.05) is 26.6 Å². The lowest BCUT2D eigenvalue weighted by Gasteiger charge is -2.25. The molecule has 0 N–H and O–H groups in total. The SMILES string of the molecule is CCCOC(=O)C(F)(F)[Si](C)(C)C. The van der Waals surface area contributed by atoms with Gasteiger partial charge in [0.15, 0.2) is 0 Å². The molecule has 0 fully saturated rings. The topological polar surface area (TPSA) is 26.3 Å². The van der Waals surface area contributed by atoms with Gasteiger partial charge >= 0.3 is 11.5 Å². The number of alkyl halides is 2. The molecule has 0 aromatic heterocycles. The Hall–Kier alpha value is -0.453. The van der Waals surface area contributed by atoms with E-state index in [1.165, 1.54) is 19.6 Å². The van der Waals surface area contributed by atoms with Gasteiger partial charge in [-0.3, -0.25) is 0 Å². The van der Waals surface area contributed by atoms with Gasteiger partial charge < -0.3 is 4.74 Å². The molecule has 5 heteroatoms. The van der Waals surface area contributed by atoms with E-state index < -0.39 is 19.6 Å². The van der Waals surface area contributed by atoms with Gasteiger partial charge in [0.1, 0.15) is 8.07 Å². The molecule has 0 aliphatic heterocycles. The van der Waals surface area contributed by atoms with Crippen LogP contribution in [0.25, 0.3) is 0 Å². The summed E-state index contributed by atoms with van der Waals surface area (Å²) in [6, 6.07) is 0. The smallest absolute Gasteiger partial charge is 0.372 e. The molecule has 0 bridgehead atoms. The second kappa shape index (κ2) is 4.17. The molecule has 0 saturated heterocycles. The predicted molar refractivity (Wildman–Crippen MR) is 49.5 cm³/mol. The lowest BCUT2D eigenvalue weighted by atomic mass is 10.5. The van der Waals surface area contributed by atoms with Crippen molar-refractivity contribution in [3.8, 4) is 0 Å². The van der Waals surface area contributed by atoms with Gasteiger partial charge in [-0.25, -0.2) is 4.79 Å². The van der Waals surface area contributed by atoms with Crippen LogP contribution >= 0.6 is 0 Å². The van der Waals surface area contributed by atoms with E-state index in [1.54, 1.807) is 6.92 Å². The summed E-state index contributed by atoms with van der Waals surface area (Å²) in [6.45, 7) is 6.17. The number of rotatable bonds is 4. The van der Waals surface area contributed by atoms with Crippen LogP contribution < -0.4 is 0 Å². The molecule has 0 spiro atoms. The zero-order valence-corrected chi connectivity index (χ0v) is 9.49. The lowest BCUT2D eigenvalue weighted by molar-refractivity contribution is -0.162. The Morgan fingerprint density at radius 3 is 2.15 bits per heavy atom. The molecule has 0 saturated carbocycles. The minimum Gasteiger partial charge on any atom is -0.462 e. The Bertz CT molecular complexity index is 187. The number of carbonyl (C=O) groups is 1. The van der Waals surface area contributed by atoms with Crippen LogP contribution in [0.1, 0.15) is 13.3 Å². The van der Waals surface area contributed by atoms with Crippen molar-refractivity contribution in [3.05, 3.63) is 0 Å². The number of esters is 1. The maximum Gasteiger partial charge on any atom is 0.372 e. The van der Waals surface area contributed by atoms with Gasteiger partial charge in [0, 0.05) is 0 Å². The third-order valence-corrected chi connectivity index (χ3v) is 3.72. The fourth-order valence-electron chi connectivity index (χ4n) is 0.592. The maximum atomic E-state index is 13.2. The van der Waals surface area contributed by atoms with Gasteiger partial charge in [0.2, 0.25) is 0 Å². The van der Waals surface area contributed by atoms with Crippen LogP contribution in [0, 0.1) is 0 Å². The molecular weight excluding hydrogens is 194 g/mol. The molecule has 0 amide bonds. The van der Waals surface area contributed by atoms with Gasteiger partial charge in [-0.2, -0.15) is 8.78 Å². The molecule has 0 unspecified atom stereocenters. The monoisotopic (exact) mass is 210 g/mol. The molecule has 0 atom stereocenters.